The number of amides is 1. The molecule has 1 aliphatic rings. The summed E-state index contributed by atoms with van der Waals surface area (Å²) in [6.07, 6.45) is 0.913. The van der Waals surface area contributed by atoms with E-state index in [4.69, 9.17) is 5.73 Å². The summed E-state index contributed by atoms with van der Waals surface area (Å²) in [4.78, 5) is 14.1. The molecule has 1 atom stereocenters. The fraction of sp³-hybridized carbons (Fsp3) is 0.462. The van der Waals surface area contributed by atoms with Crippen LogP contribution in [0.5, 0.6) is 0 Å². The Kier molecular flexibility index (Phi) is 4.54. The Morgan fingerprint density at radius 3 is 2.71 bits per heavy atom. The Labute approximate surface area is 108 Å². The zero-order chi connectivity index (χ0) is 11.7. The molecule has 0 aliphatic carbocycles. The van der Waals surface area contributed by atoms with Crippen molar-refractivity contribution in [2.24, 2.45) is 5.73 Å². The van der Waals surface area contributed by atoms with Crippen molar-refractivity contribution in [1.82, 2.24) is 4.90 Å². The van der Waals surface area contributed by atoms with Gasteiger partial charge in [-0.2, -0.15) is 0 Å². The lowest BCUT2D eigenvalue weighted by Crippen LogP contribution is -2.32. The standard InChI is InChI=1S/C13H18N2O.ClH/c1-9-4-3-5-12(10(9)2)13(16)15-7-6-11(14)8-15;/h3-5,11H,6-8,14H2,1-2H3;1H/t11-;/m1./s1. The largest absolute Gasteiger partial charge is 0.337 e. The predicted octanol–water partition coefficient (Wildman–Crippen LogP) is 1.90. The lowest BCUT2D eigenvalue weighted by molar-refractivity contribution is 0.0790. The van der Waals surface area contributed by atoms with Crippen molar-refractivity contribution in [3.05, 3.63) is 34.9 Å². The van der Waals surface area contributed by atoms with Gasteiger partial charge in [0.2, 0.25) is 0 Å². The van der Waals surface area contributed by atoms with Gasteiger partial charge in [-0.15, -0.1) is 12.4 Å². The van der Waals surface area contributed by atoms with Gasteiger partial charge >= 0.3 is 0 Å². The molecule has 0 bridgehead atoms. The van der Waals surface area contributed by atoms with Crippen molar-refractivity contribution < 1.29 is 4.79 Å². The molecule has 3 nitrogen and oxygen atoms in total. The zero-order valence-corrected chi connectivity index (χ0v) is 11.1. The molecule has 1 aromatic carbocycles. The highest BCUT2D eigenvalue weighted by atomic mass is 35.5. The summed E-state index contributed by atoms with van der Waals surface area (Å²) in [7, 11) is 0. The Balaban J connectivity index is 0.00000144. The summed E-state index contributed by atoms with van der Waals surface area (Å²) in [5.41, 5.74) is 8.87. The van der Waals surface area contributed by atoms with Crippen LogP contribution in [0.4, 0.5) is 0 Å². The highest BCUT2D eigenvalue weighted by molar-refractivity contribution is 5.96. The van der Waals surface area contributed by atoms with E-state index in [-0.39, 0.29) is 24.4 Å². The van der Waals surface area contributed by atoms with Gasteiger partial charge in [0.15, 0.2) is 0 Å². The van der Waals surface area contributed by atoms with Crippen LogP contribution in [0.3, 0.4) is 0 Å². The molecular weight excluding hydrogens is 236 g/mol. The van der Waals surface area contributed by atoms with Crippen molar-refractivity contribution in [1.29, 1.82) is 0 Å². The molecule has 1 saturated heterocycles. The van der Waals surface area contributed by atoms with Gasteiger partial charge in [0.25, 0.3) is 5.91 Å². The van der Waals surface area contributed by atoms with E-state index in [0.717, 1.165) is 29.7 Å². The normalized spacial score (nSPS) is 19.0. The number of hydrogen-bond donors (Lipinski definition) is 1. The molecule has 1 aromatic rings. The van der Waals surface area contributed by atoms with Gasteiger partial charge in [0.1, 0.15) is 0 Å². The maximum atomic E-state index is 12.2. The molecule has 1 fully saturated rings. The van der Waals surface area contributed by atoms with Gasteiger partial charge in [-0.1, -0.05) is 12.1 Å². The molecule has 2 N–H and O–H groups in total. The molecule has 2 rings (SSSR count). The number of nitrogens with zero attached hydrogens (tertiary/aromatic N) is 1. The quantitative estimate of drug-likeness (QED) is 0.832. The van der Waals surface area contributed by atoms with E-state index in [9.17, 15) is 4.79 Å². The average Bonchev–Trinajstić information content (AvgIpc) is 2.68. The minimum absolute atomic E-state index is 0. The SMILES string of the molecule is Cc1cccc(C(=O)N2CC[C@@H](N)C2)c1C.Cl. The van der Waals surface area contributed by atoms with Crippen LogP contribution < -0.4 is 5.73 Å². The van der Waals surface area contributed by atoms with Crippen molar-refractivity contribution in [3.63, 3.8) is 0 Å². The van der Waals surface area contributed by atoms with Crippen LogP contribution in [0.1, 0.15) is 27.9 Å². The molecule has 94 valence electrons. The number of hydrogen-bond acceptors (Lipinski definition) is 2. The van der Waals surface area contributed by atoms with Gasteiger partial charge in [0, 0.05) is 24.7 Å². The lowest BCUT2D eigenvalue weighted by atomic mass is 10.0. The summed E-state index contributed by atoms with van der Waals surface area (Å²) < 4.78 is 0. The van der Waals surface area contributed by atoms with Crippen molar-refractivity contribution in [2.75, 3.05) is 13.1 Å². The third kappa shape index (κ3) is 2.79. The van der Waals surface area contributed by atoms with Crippen molar-refractivity contribution in [2.45, 2.75) is 26.3 Å². The average molecular weight is 255 g/mol. The Morgan fingerprint density at radius 2 is 2.12 bits per heavy atom. The monoisotopic (exact) mass is 254 g/mol. The first-order valence-electron chi connectivity index (χ1n) is 5.70. The molecule has 17 heavy (non-hydrogen) atoms. The van der Waals surface area contributed by atoms with Crippen LogP contribution in [0.2, 0.25) is 0 Å². The first kappa shape index (κ1) is 14.0. The highest BCUT2D eigenvalue weighted by Crippen LogP contribution is 2.17. The van der Waals surface area contributed by atoms with Crippen LogP contribution >= 0.6 is 12.4 Å². The van der Waals surface area contributed by atoms with E-state index in [1.807, 2.05) is 36.9 Å². The fourth-order valence-electron chi connectivity index (χ4n) is 2.12. The molecule has 1 aliphatic heterocycles. The third-order valence-corrected chi connectivity index (χ3v) is 3.35. The number of rotatable bonds is 1. The van der Waals surface area contributed by atoms with Gasteiger partial charge in [-0.05, 0) is 37.5 Å². The second-order valence-electron chi connectivity index (χ2n) is 4.55. The van der Waals surface area contributed by atoms with Crippen LogP contribution in [0.25, 0.3) is 0 Å². The Hall–Kier alpha value is -1.06. The van der Waals surface area contributed by atoms with Gasteiger partial charge in [-0.25, -0.2) is 0 Å². The first-order chi connectivity index (χ1) is 7.59. The summed E-state index contributed by atoms with van der Waals surface area (Å²) in [6.45, 7) is 5.50. The second kappa shape index (κ2) is 5.52. The number of likely N-dealkylation sites (tertiary alicyclic amines) is 1. The smallest absolute Gasteiger partial charge is 0.254 e. The number of benzene rings is 1. The van der Waals surface area contributed by atoms with E-state index in [0.29, 0.717) is 6.54 Å². The first-order valence-corrected chi connectivity index (χ1v) is 5.70. The topological polar surface area (TPSA) is 46.3 Å². The van der Waals surface area contributed by atoms with Gasteiger partial charge in [-0.3, -0.25) is 4.79 Å². The minimum Gasteiger partial charge on any atom is -0.337 e. The number of carbonyl (C=O) groups is 1. The van der Waals surface area contributed by atoms with Gasteiger partial charge in [0.05, 0.1) is 0 Å². The van der Waals surface area contributed by atoms with E-state index in [1.54, 1.807) is 0 Å². The van der Waals surface area contributed by atoms with Crippen LogP contribution in [-0.2, 0) is 0 Å². The van der Waals surface area contributed by atoms with Crippen LogP contribution in [0, 0.1) is 13.8 Å². The summed E-state index contributed by atoms with van der Waals surface area (Å²) in [6, 6.07) is 6.01. The number of carbonyl (C=O) groups excluding carboxylic acids is 1. The predicted molar refractivity (Wildman–Crippen MR) is 71.7 cm³/mol. The molecule has 0 radical (unpaired) electrons. The summed E-state index contributed by atoms with van der Waals surface area (Å²) >= 11 is 0. The lowest BCUT2D eigenvalue weighted by Gasteiger charge is -2.17. The maximum Gasteiger partial charge on any atom is 0.254 e. The number of aryl methyl sites for hydroxylation is 1. The zero-order valence-electron chi connectivity index (χ0n) is 10.3. The van der Waals surface area contributed by atoms with E-state index in [1.165, 1.54) is 0 Å². The van der Waals surface area contributed by atoms with E-state index < -0.39 is 0 Å². The van der Waals surface area contributed by atoms with Crippen molar-refractivity contribution >= 4 is 18.3 Å². The molecule has 1 amide bonds. The van der Waals surface area contributed by atoms with E-state index >= 15 is 0 Å². The molecule has 0 aromatic heterocycles. The van der Waals surface area contributed by atoms with Gasteiger partial charge < -0.3 is 10.6 Å². The highest BCUT2D eigenvalue weighted by Gasteiger charge is 2.25. The summed E-state index contributed by atoms with van der Waals surface area (Å²) in [5, 5.41) is 0. The second-order valence-corrected chi connectivity index (χ2v) is 4.55. The molecule has 4 heteroatoms. The Bertz CT molecular complexity index is 420. The molecular formula is C13H19ClN2O. The van der Waals surface area contributed by atoms with Crippen molar-refractivity contribution in [3.8, 4) is 0 Å². The molecule has 0 spiro atoms. The Morgan fingerprint density at radius 1 is 1.41 bits per heavy atom. The molecule has 1 heterocycles. The van der Waals surface area contributed by atoms with E-state index in [2.05, 4.69) is 0 Å². The van der Waals surface area contributed by atoms with Crippen LogP contribution in [0.15, 0.2) is 18.2 Å². The maximum absolute atomic E-state index is 12.2. The molecule has 0 saturated carbocycles. The minimum atomic E-state index is 0. The molecule has 0 unspecified atom stereocenters. The van der Waals surface area contributed by atoms with Crippen LogP contribution in [-0.4, -0.2) is 29.9 Å². The fourth-order valence-corrected chi connectivity index (χ4v) is 2.12. The third-order valence-electron chi connectivity index (χ3n) is 3.35. The number of nitrogens with two attached hydrogens (primary N) is 1. The summed E-state index contributed by atoms with van der Waals surface area (Å²) in [5.74, 6) is 0.120. The number of halogens is 1.